The molecule has 6 fully saturated rings. The van der Waals surface area contributed by atoms with Crippen LogP contribution < -0.4 is 10.6 Å². The minimum Gasteiger partial charge on any atom is -0.388 e. The van der Waals surface area contributed by atoms with Crippen molar-refractivity contribution < 1.29 is 38.9 Å². The molecule has 1 saturated carbocycles. The number of rotatable bonds is 2. The Hall–Kier alpha value is -2.32. The summed E-state index contributed by atoms with van der Waals surface area (Å²) < 4.78 is 11.3. The van der Waals surface area contributed by atoms with E-state index in [1.165, 1.54) is 0 Å². The third-order valence-electron chi connectivity index (χ3n) is 9.96. The summed E-state index contributed by atoms with van der Waals surface area (Å²) in [5.74, 6) is -1.13. The summed E-state index contributed by atoms with van der Waals surface area (Å²) >= 11 is 0. The highest BCUT2D eigenvalue weighted by molar-refractivity contribution is 5.91. The average molecular weight is 578 g/mol. The molecule has 0 aromatic rings. The van der Waals surface area contributed by atoms with E-state index in [1.807, 2.05) is 0 Å². The molecule has 6 bridgehead atoms. The zero-order valence-electron chi connectivity index (χ0n) is 23.5. The van der Waals surface area contributed by atoms with E-state index in [9.17, 15) is 29.4 Å². The first-order chi connectivity index (χ1) is 19.8. The quantitative estimate of drug-likeness (QED) is 0.290. The lowest BCUT2D eigenvalue weighted by Crippen LogP contribution is -2.64. The predicted molar refractivity (Wildman–Crippen MR) is 143 cm³/mol. The molecule has 1 aliphatic carbocycles. The van der Waals surface area contributed by atoms with Crippen molar-refractivity contribution in [2.24, 2.45) is 5.92 Å². The predicted octanol–water partition coefficient (Wildman–Crippen LogP) is -2.04. The summed E-state index contributed by atoms with van der Waals surface area (Å²) in [4.78, 5) is 59.8. The molecule has 5 heterocycles. The van der Waals surface area contributed by atoms with E-state index in [-0.39, 0.29) is 61.8 Å². The van der Waals surface area contributed by atoms with Crippen molar-refractivity contribution >= 4 is 23.6 Å². The number of likely N-dealkylation sites (tertiary alicyclic amines) is 1. The van der Waals surface area contributed by atoms with Gasteiger partial charge in [-0.15, -0.1) is 0 Å². The second kappa shape index (κ2) is 12.1. The molecule has 0 spiro atoms. The second-order valence-electron chi connectivity index (χ2n) is 12.5. The average Bonchev–Trinajstić information content (AvgIpc) is 3.72. The molecule has 228 valence electrons. The molecule has 0 unspecified atom stereocenters. The molecule has 6 aliphatic rings. The van der Waals surface area contributed by atoms with Gasteiger partial charge in [0.2, 0.25) is 23.6 Å². The van der Waals surface area contributed by atoms with Crippen molar-refractivity contribution in [3.05, 3.63) is 0 Å². The number of piperazine rings is 1. The normalized spacial score (nSPS) is 38.3. The number of hydrogen-bond acceptors (Lipinski definition) is 9. The van der Waals surface area contributed by atoms with E-state index in [2.05, 4.69) is 15.5 Å². The first-order valence-corrected chi connectivity index (χ1v) is 15.3. The van der Waals surface area contributed by atoms with Crippen LogP contribution in [0.2, 0.25) is 0 Å². The molecule has 13 heteroatoms. The fourth-order valence-electron chi connectivity index (χ4n) is 7.66. The summed E-state index contributed by atoms with van der Waals surface area (Å²) in [6.07, 6.45) is 1.36. The lowest BCUT2D eigenvalue weighted by Gasteiger charge is -2.43. The Kier molecular flexibility index (Phi) is 8.51. The van der Waals surface area contributed by atoms with Crippen LogP contribution in [0.25, 0.3) is 0 Å². The molecule has 0 aromatic carbocycles. The lowest BCUT2D eigenvalue weighted by atomic mass is 9.96. The maximum Gasteiger partial charge on any atom is 0.244 e. The minimum absolute atomic E-state index is 0.0639. The fourth-order valence-corrected chi connectivity index (χ4v) is 7.66. The van der Waals surface area contributed by atoms with Gasteiger partial charge in [0, 0.05) is 57.4 Å². The SMILES string of the molecule is O=C1C[C@@H]2O[C@H](CNC(=O)[C@@H]3CN(CCN3C(=O)C3CCOCC3)C(=O)[C@@H]3C[C@@H](CN3C3CCCC3)N1)[C@@H](O)[C@H]2O. The van der Waals surface area contributed by atoms with Crippen LogP contribution in [-0.4, -0.2) is 143 Å². The first-order valence-electron chi connectivity index (χ1n) is 15.3. The summed E-state index contributed by atoms with van der Waals surface area (Å²) in [7, 11) is 0. The number of carbonyl (C=O) groups is 4. The van der Waals surface area contributed by atoms with E-state index < -0.39 is 42.4 Å². The van der Waals surface area contributed by atoms with E-state index in [0.29, 0.717) is 45.6 Å². The molecular weight excluding hydrogens is 534 g/mol. The number of nitrogens with one attached hydrogen (secondary N) is 2. The Morgan fingerprint density at radius 2 is 1.63 bits per heavy atom. The summed E-state index contributed by atoms with van der Waals surface area (Å²) in [6, 6.07) is -1.27. The molecule has 4 N–H and O–H groups in total. The lowest BCUT2D eigenvalue weighted by molar-refractivity contribution is -0.154. The number of hydrogen-bond donors (Lipinski definition) is 4. The second-order valence-corrected chi connectivity index (χ2v) is 12.5. The Balaban J connectivity index is 1.27. The van der Waals surface area contributed by atoms with E-state index in [4.69, 9.17) is 9.47 Å². The maximum atomic E-state index is 14.1. The van der Waals surface area contributed by atoms with Gasteiger partial charge in [-0.25, -0.2) is 0 Å². The standard InChI is InChI=1S/C28H43N5O8/c34-23-12-21-24(35)25(36)22(41-21)13-29-26(37)20-15-31(7-8-32(20)27(38)16-5-9-40-10-6-16)28(39)19-11-17(30-23)14-33(19)18-3-1-2-4-18/h16-22,24-25,35-36H,1-15H2,(H,29,37)(H,30,34)/t17-,19-,20-,21-,22+,24-,25+/m0/s1. The van der Waals surface area contributed by atoms with Gasteiger partial charge in [0.25, 0.3) is 0 Å². The number of carbonyl (C=O) groups excluding carboxylic acids is 4. The van der Waals surface area contributed by atoms with Gasteiger partial charge in [0.1, 0.15) is 24.4 Å². The highest BCUT2D eigenvalue weighted by Crippen LogP contribution is 2.32. The Labute approximate surface area is 239 Å². The smallest absolute Gasteiger partial charge is 0.244 e. The molecule has 5 aliphatic heterocycles. The van der Waals surface area contributed by atoms with Gasteiger partial charge < -0.3 is 40.1 Å². The van der Waals surface area contributed by atoms with E-state index >= 15 is 0 Å². The summed E-state index contributed by atoms with van der Waals surface area (Å²) in [5, 5.41) is 27.0. The molecule has 0 aromatic heterocycles. The third-order valence-corrected chi connectivity index (χ3v) is 9.96. The molecule has 0 radical (unpaired) electrons. The largest absolute Gasteiger partial charge is 0.388 e. The van der Waals surface area contributed by atoms with Gasteiger partial charge in [-0.3, -0.25) is 24.1 Å². The Bertz CT molecular complexity index is 1020. The Morgan fingerprint density at radius 3 is 2.39 bits per heavy atom. The van der Waals surface area contributed by atoms with Crippen LogP contribution in [0.5, 0.6) is 0 Å². The van der Waals surface area contributed by atoms with Gasteiger partial charge in [-0.2, -0.15) is 0 Å². The molecule has 13 nitrogen and oxygen atoms in total. The molecule has 41 heavy (non-hydrogen) atoms. The zero-order chi connectivity index (χ0) is 28.7. The minimum atomic E-state index is -1.28. The topological polar surface area (TPSA) is 161 Å². The van der Waals surface area contributed by atoms with Crippen molar-refractivity contribution in [2.75, 3.05) is 45.9 Å². The molecule has 4 amide bonds. The number of fused-ring (bicyclic) bond motifs is 6. The molecular formula is C28H43N5O8. The number of nitrogens with zero attached hydrogens (tertiary/aromatic N) is 3. The van der Waals surface area contributed by atoms with Crippen LogP contribution in [-0.2, 0) is 28.7 Å². The number of aliphatic hydroxyl groups is 2. The monoisotopic (exact) mass is 577 g/mol. The van der Waals surface area contributed by atoms with Gasteiger partial charge in [0.15, 0.2) is 0 Å². The highest BCUT2D eigenvalue weighted by Gasteiger charge is 2.48. The van der Waals surface area contributed by atoms with E-state index in [0.717, 1.165) is 25.7 Å². The van der Waals surface area contributed by atoms with Gasteiger partial charge >= 0.3 is 0 Å². The van der Waals surface area contributed by atoms with Gasteiger partial charge in [-0.05, 0) is 32.1 Å². The van der Waals surface area contributed by atoms with Crippen molar-refractivity contribution in [3.8, 4) is 0 Å². The van der Waals surface area contributed by atoms with Crippen molar-refractivity contribution in [2.45, 2.75) is 99.9 Å². The van der Waals surface area contributed by atoms with Gasteiger partial charge in [-0.1, -0.05) is 12.8 Å². The van der Waals surface area contributed by atoms with Crippen molar-refractivity contribution in [1.82, 2.24) is 25.3 Å². The molecule has 7 atom stereocenters. The zero-order valence-corrected chi connectivity index (χ0v) is 23.5. The van der Waals surface area contributed by atoms with Crippen LogP contribution in [0.3, 0.4) is 0 Å². The highest BCUT2D eigenvalue weighted by atomic mass is 16.5. The molecule has 5 saturated heterocycles. The van der Waals surface area contributed by atoms with Crippen molar-refractivity contribution in [1.29, 1.82) is 0 Å². The van der Waals surface area contributed by atoms with Crippen LogP contribution in [0.1, 0.15) is 51.4 Å². The number of amides is 4. The van der Waals surface area contributed by atoms with Crippen molar-refractivity contribution in [3.63, 3.8) is 0 Å². The van der Waals surface area contributed by atoms with E-state index in [1.54, 1.807) is 9.80 Å². The third kappa shape index (κ3) is 5.83. The molecule has 6 rings (SSSR count). The fraction of sp³-hybridized carbons (Fsp3) is 0.857. The van der Waals surface area contributed by atoms with Crippen LogP contribution >= 0.6 is 0 Å². The number of ether oxygens (including phenoxy) is 2. The Morgan fingerprint density at radius 1 is 0.902 bits per heavy atom. The van der Waals surface area contributed by atoms with Crippen LogP contribution in [0.15, 0.2) is 0 Å². The summed E-state index contributed by atoms with van der Waals surface area (Å²) in [5.41, 5.74) is 0. The van der Waals surface area contributed by atoms with Crippen LogP contribution in [0.4, 0.5) is 0 Å². The summed E-state index contributed by atoms with van der Waals surface area (Å²) in [6.45, 7) is 2.12. The first kappa shape index (κ1) is 28.8. The maximum absolute atomic E-state index is 14.1. The number of aliphatic hydroxyl groups excluding tert-OH is 2. The van der Waals surface area contributed by atoms with Crippen LogP contribution in [0, 0.1) is 5.92 Å². The van der Waals surface area contributed by atoms with Gasteiger partial charge in [0.05, 0.1) is 25.1 Å².